The van der Waals surface area contributed by atoms with Crippen molar-refractivity contribution in [3.8, 4) is 5.75 Å². The third-order valence-corrected chi connectivity index (χ3v) is 6.64. The molecule has 166 valence electrons. The van der Waals surface area contributed by atoms with Crippen LogP contribution in [0.1, 0.15) is 64.6 Å². The Morgan fingerprint density at radius 3 is 2.56 bits per heavy atom. The van der Waals surface area contributed by atoms with Crippen LogP contribution in [-0.4, -0.2) is 17.6 Å². The van der Waals surface area contributed by atoms with Gasteiger partial charge in [0.05, 0.1) is 5.56 Å². The topological polar surface area (TPSA) is 49.3 Å². The van der Waals surface area contributed by atoms with Gasteiger partial charge in [0.2, 0.25) is 0 Å². The molecule has 4 rings (SSSR count). The number of phenols is 1. The van der Waals surface area contributed by atoms with Crippen molar-refractivity contribution in [1.29, 1.82) is 0 Å². The zero-order valence-electron chi connectivity index (χ0n) is 17.9. The highest BCUT2D eigenvalue weighted by Gasteiger charge is 2.24. The van der Waals surface area contributed by atoms with E-state index in [0.717, 1.165) is 28.4 Å². The van der Waals surface area contributed by atoms with Crippen LogP contribution in [0.5, 0.6) is 5.75 Å². The summed E-state index contributed by atoms with van der Waals surface area (Å²) < 4.78 is 15.3. The summed E-state index contributed by atoms with van der Waals surface area (Å²) in [4.78, 5) is 12.6. The molecule has 3 nitrogen and oxygen atoms in total. The third-order valence-electron chi connectivity index (χ3n) is 6.12. The van der Waals surface area contributed by atoms with Crippen molar-refractivity contribution in [1.82, 2.24) is 5.32 Å². The lowest BCUT2D eigenvalue weighted by Crippen LogP contribution is -2.28. The fourth-order valence-corrected chi connectivity index (χ4v) is 4.36. The summed E-state index contributed by atoms with van der Waals surface area (Å²) in [6.45, 7) is 0.444. The van der Waals surface area contributed by atoms with Crippen LogP contribution < -0.4 is 5.32 Å². The van der Waals surface area contributed by atoms with E-state index in [1.165, 1.54) is 24.5 Å². The average Bonchev–Trinajstić information content (AvgIpc) is 3.63. The van der Waals surface area contributed by atoms with Crippen LogP contribution in [0, 0.1) is 5.82 Å². The Morgan fingerprint density at radius 1 is 1.09 bits per heavy atom. The van der Waals surface area contributed by atoms with Crippen molar-refractivity contribution in [3.05, 3.63) is 99.3 Å². The minimum Gasteiger partial charge on any atom is -0.507 e. The number of rotatable bonds is 9. The number of aromatic hydroxyl groups is 1. The van der Waals surface area contributed by atoms with E-state index < -0.39 is 0 Å². The highest BCUT2D eigenvalue weighted by Crippen LogP contribution is 2.40. The van der Waals surface area contributed by atoms with Gasteiger partial charge in [0.25, 0.3) is 5.91 Å². The van der Waals surface area contributed by atoms with Gasteiger partial charge in [-0.2, -0.15) is 0 Å². The highest BCUT2D eigenvalue weighted by atomic mass is 79.9. The molecular weight excluding hydrogens is 469 g/mol. The minimum atomic E-state index is -0.298. The van der Waals surface area contributed by atoms with Crippen LogP contribution in [0.3, 0.4) is 0 Å². The molecule has 0 aromatic heterocycles. The van der Waals surface area contributed by atoms with Gasteiger partial charge < -0.3 is 10.4 Å². The number of para-hydroxylation sites is 1. The SMILES string of the molecule is O=C(NCC(CCCc1cc(C2CC2)ccc1F)c1ccc(Br)cc1)c1ccccc1O. The van der Waals surface area contributed by atoms with E-state index in [-0.39, 0.29) is 29.0 Å². The van der Waals surface area contributed by atoms with Gasteiger partial charge in [-0.3, -0.25) is 4.79 Å². The molecule has 0 aliphatic heterocycles. The fourth-order valence-electron chi connectivity index (χ4n) is 4.09. The first-order chi connectivity index (χ1) is 15.5. The van der Waals surface area contributed by atoms with Gasteiger partial charge in [0, 0.05) is 16.9 Å². The molecule has 3 aromatic rings. The molecule has 2 N–H and O–H groups in total. The van der Waals surface area contributed by atoms with Crippen LogP contribution in [0.4, 0.5) is 4.39 Å². The maximum atomic E-state index is 14.3. The van der Waals surface area contributed by atoms with E-state index >= 15 is 0 Å². The van der Waals surface area contributed by atoms with Crippen molar-refractivity contribution < 1.29 is 14.3 Å². The van der Waals surface area contributed by atoms with Crippen molar-refractivity contribution in [2.75, 3.05) is 6.54 Å². The first-order valence-corrected chi connectivity index (χ1v) is 11.9. The van der Waals surface area contributed by atoms with E-state index in [1.54, 1.807) is 24.3 Å². The number of hydrogen-bond acceptors (Lipinski definition) is 2. The van der Waals surface area contributed by atoms with Gasteiger partial charge in [0.1, 0.15) is 11.6 Å². The summed E-state index contributed by atoms with van der Waals surface area (Å²) >= 11 is 3.47. The number of carbonyl (C=O) groups is 1. The molecule has 1 saturated carbocycles. The molecule has 0 heterocycles. The highest BCUT2D eigenvalue weighted by molar-refractivity contribution is 9.10. The predicted molar refractivity (Wildman–Crippen MR) is 129 cm³/mol. The molecular formula is C27H27BrFNO2. The maximum Gasteiger partial charge on any atom is 0.255 e. The van der Waals surface area contributed by atoms with Crippen LogP contribution in [0.15, 0.2) is 71.2 Å². The number of hydrogen-bond donors (Lipinski definition) is 2. The van der Waals surface area contributed by atoms with E-state index in [1.807, 2.05) is 24.3 Å². The van der Waals surface area contributed by atoms with E-state index in [0.29, 0.717) is 18.9 Å². The molecule has 1 atom stereocenters. The van der Waals surface area contributed by atoms with E-state index in [4.69, 9.17) is 0 Å². The zero-order valence-corrected chi connectivity index (χ0v) is 19.4. The molecule has 3 aromatic carbocycles. The Kier molecular flexibility index (Phi) is 7.26. The second-order valence-electron chi connectivity index (χ2n) is 8.49. The third kappa shape index (κ3) is 5.77. The molecule has 5 heteroatoms. The monoisotopic (exact) mass is 495 g/mol. The molecule has 1 aliphatic rings. The van der Waals surface area contributed by atoms with Crippen molar-refractivity contribution in [2.24, 2.45) is 0 Å². The van der Waals surface area contributed by atoms with E-state index in [9.17, 15) is 14.3 Å². The van der Waals surface area contributed by atoms with Crippen LogP contribution in [0.2, 0.25) is 0 Å². The fraction of sp³-hybridized carbons (Fsp3) is 0.296. The van der Waals surface area contributed by atoms with Gasteiger partial charge in [0.15, 0.2) is 0 Å². The first-order valence-electron chi connectivity index (χ1n) is 11.1. The zero-order chi connectivity index (χ0) is 22.5. The average molecular weight is 496 g/mol. The second kappa shape index (κ2) is 10.3. The molecule has 32 heavy (non-hydrogen) atoms. The Labute approximate surface area is 196 Å². The van der Waals surface area contributed by atoms with Gasteiger partial charge in [-0.1, -0.05) is 52.3 Å². The van der Waals surface area contributed by atoms with Crippen LogP contribution >= 0.6 is 15.9 Å². The van der Waals surface area contributed by atoms with Crippen LogP contribution in [-0.2, 0) is 6.42 Å². The Bertz CT molecular complexity index is 1080. The number of halogens is 2. The van der Waals surface area contributed by atoms with Crippen molar-refractivity contribution >= 4 is 21.8 Å². The molecule has 1 unspecified atom stereocenters. The van der Waals surface area contributed by atoms with Gasteiger partial charge in [-0.05, 0) is 85.0 Å². The molecule has 1 amide bonds. The summed E-state index contributed by atoms with van der Waals surface area (Å²) in [6.07, 6.45) is 4.71. The molecule has 0 bridgehead atoms. The largest absolute Gasteiger partial charge is 0.507 e. The number of phenolic OH excluding ortho intramolecular Hbond substituents is 1. The lowest BCUT2D eigenvalue weighted by molar-refractivity contribution is 0.0948. The Balaban J connectivity index is 1.42. The normalized spacial score (nSPS) is 14.2. The molecule has 0 radical (unpaired) electrons. The number of benzene rings is 3. The predicted octanol–water partition coefficient (Wildman–Crippen LogP) is 6.71. The minimum absolute atomic E-state index is 0.0313. The summed E-state index contributed by atoms with van der Waals surface area (Å²) in [5.41, 5.74) is 3.42. The number of aryl methyl sites for hydroxylation is 1. The number of amides is 1. The Morgan fingerprint density at radius 2 is 1.84 bits per heavy atom. The summed E-state index contributed by atoms with van der Waals surface area (Å²) in [5, 5.41) is 12.9. The quantitative estimate of drug-likeness (QED) is 0.346. The number of carbonyl (C=O) groups excluding carboxylic acids is 1. The van der Waals surface area contributed by atoms with E-state index in [2.05, 4.69) is 33.4 Å². The van der Waals surface area contributed by atoms with Gasteiger partial charge >= 0.3 is 0 Å². The van der Waals surface area contributed by atoms with Gasteiger partial charge in [-0.25, -0.2) is 4.39 Å². The summed E-state index contributed by atoms with van der Waals surface area (Å²) in [6, 6.07) is 20.2. The first kappa shape index (κ1) is 22.5. The van der Waals surface area contributed by atoms with Crippen molar-refractivity contribution in [3.63, 3.8) is 0 Å². The second-order valence-corrected chi connectivity index (χ2v) is 9.41. The molecule has 1 aliphatic carbocycles. The Hall–Kier alpha value is -2.66. The smallest absolute Gasteiger partial charge is 0.255 e. The molecule has 1 fully saturated rings. The maximum absolute atomic E-state index is 14.3. The summed E-state index contributed by atoms with van der Waals surface area (Å²) in [5.74, 6) is 0.231. The lowest BCUT2D eigenvalue weighted by Gasteiger charge is -2.19. The lowest BCUT2D eigenvalue weighted by atomic mass is 9.92. The molecule has 0 saturated heterocycles. The molecule has 0 spiro atoms. The number of nitrogens with one attached hydrogen (secondary N) is 1. The van der Waals surface area contributed by atoms with Gasteiger partial charge in [-0.15, -0.1) is 0 Å². The van der Waals surface area contributed by atoms with Crippen molar-refractivity contribution in [2.45, 2.75) is 43.9 Å². The summed E-state index contributed by atoms with van der Waals surface area (Å²) in [7, 11) is 0. The van der Waals surface area contributed by atoms with Crippen LogP contribution in [0.25, 0.3) is 0 Å². The standard InChI is InChI=1S/C27H27BrFNO2/c28-23-13-10-19(11-14-23)22(17-30-27(32)24-6-1-2-7-26(24)31)5-3-4-21-16-20(18-8-9-18)12-15-25(21)29/h1-2,6-7,10-16,18,22,31H,3-5,8-9,17H2,(H,30,32).